The van der Waals surface area contributed by atoms with E-state index in [1.807, 2.05) is 31.2 Å². The van der Waals surface area contributed by atoms with Gasteiger partial charge in [0.25, 0.3) is 10.0 Å². The minimum Gasteiger partial charge on any atom is -0.337 e. The van der Waals surface area contributed by atoms with Gasteiger partial charge >= 0.3 is 0 Å². The summed E-state index contributed by atoms with van der Waals surface area (Å²) in [5.74, 6) is 0.105. The third-order valence-electron chi connectivity index (χ3n) is 2.97. The second-order valence-electron chi connectivity index (χ2n) is 4.60. The van der Waals surface area contributed by atoms with Crippen LogP contribution in [0.4, 0.5) is 5.88 Å². The molecular weight excluding hydrogens is 388 g/mol. The number of nitrogens with one attached hydrogen (secondary N) is 1. The molecule has 1 N–H and O–H groups in total. The zero-order chi connectivity index (χ0) is 15.7. The molecule has 1 aromatic carbocycles. The molecule has 0 fully saturated rings. The van der Waals surface area contributed by atoms with Crippen molar-refractivity contribution < 1.29 is 12.9 Å². The van der Waals surface area contributed by atoms with Gasteiger partial charge in [0.1, 0.15) is 4.21 Å². The molecule has 0 spiro atoms. The van der Waals surface area contributed by atoms with E-state index in [1.165, 1.54) is 12.3 Å². The van der Waals surface area contributed by atoms with Gasteiger partial charge in [-0.05, 0) is 40.5 Å². The number of rotatable bonds is 4. The largest absolute Gasteiger partial charge is 0.337 e. The number of nitrogens with zero attached hydrogens (tertiary/aromatic N) is 1. The molecule has 0 saturated heterocycles. The van der Waals surface area contributed by atoms with Gasteiger partial charge < -0.3 is 4.52 Å². The van der Waals surface area contributed by atoms with Crippen molar-refractivity contribution in [3.05, 3.63) is 51.9 Å². The fraction of sp³-hybridized carbons (Fsp3) is 0.0714. The first-order valence-corrected chi connectivity index (χ1v) is 9.35. The number of hydrogen-bond donors (Lipinski definition) is 1. The Bertz CT molecular complexity index is 898. The Labute approximate surface area is 140 Å². The normalized spacial score (nSPS) is 11.5. The van der Waals surface area contributed by atoms with Crippen LogP contribution in [0, 0.1) is 6.92 Å². The zero-order valence-electron chi connectivity index (χ0n) is 11.4. The van der Waals surface area contributed by atoms with Crippen LogP contribution in [0.2, 0.25) is 0 Å². The van der Waals surface area contributed by atoms with Gasteiger partial charge in [-0.3, -0.25) is 0 Å². The molecular formula is C14H11BrN2O3S2. The van der Waals surface area contributed by atoms with Crippen LogP contribution in [0.5, 0.6) is 0 Å². The number of aryl methyl sites for hydroxylation is 1. The molecule has 114 valence electrons. The third kappa shape index (κ3) is 3.08. The van der Waals surface area contributed by atoms with Crippen molar-refractivity contribution in [3.8, 4) is 11.1 Å². The molecule has 0 unspecified atom stereocenters. The first kappa shape index (κ1) is 15.3. The summed E-state index contributed by atoms with van der Waals surface area (Å²) in [6.07, 6.45) is 1.49. The van der Waals surface area contributed by atoms with Crippen LogP contribution in [-0.2, 0) is 10.0 Å². The van der Waals surface area contributed by atoms with Gasteiger partial charge in [-0.1, -0.05) is 35.0 Å². The molecule has 0 atom stereocenters. The van der Waals surface area contributed by atoms with E-state index in [2.05, 4.69) is 25.8 Å². The van der Waals surface area contributed by atoms with Gasteiger partial charge in [0.2, 0.25) is 5.88 Å². The number of hydrogen-bond acceptors (Lipinski definition) is 5. The van der Waals surface area contributed by atoms with E-state index in [9.17, 15) is 8.42 Å². The minimum absolute atomic E-state index is 0.105. The molecule has 0 aliphatic carbocycles. The quantitative estimate of drug-likeness (QED) is 0.711. The van der Waals surface area contributed by atoms with Crippen molar-refractivity contribution in [3.63, 3.8) is 0 Å². The lowest BCUT2D eigenvalue weighted by Crippen LogP contribution is -2.11. The highest BCUT2D eigenvalue weighted by molar-refractivity contribution is 9.11. The Morgan fingerprint density at radius 3 is 2.55 bits per heavy atom. The van der Waals surface area contributed by atoms with Crippen LogP contribution in [0.3, 0.4) is 0 Å². The monoisotopic (exact) mass is 398 g/mol. The number of sulfonamides is 1. The summed E-state index contributed by atoms with van der Waals surface area (Å²) in [7, 11) is -3.70. The van der Waals surface area contributed by atoms with Crippen LogP contribution in [-0.4, -0.2) is 13.6 Å². The number of aromatic nitrogens is 1. The number of benzene rings is 1. The Balaban J connectivity index is 1.94. The van der Waals surface area contributed by atoms with Crippen LogP contribution in [0.1, 0.15) is 5.56 Å². The maximum Gasteiger partial charge on any atom is 0.273 e. The van der Waals surface area contributed by atoms with Crippen molar-refractivity contribution in [1.82, 2.24) is 5.16 Å². The van der Waals surface area contributed by atoms with Gasteiger partial charge in [0.05, 0.1) is 15.5 Å². The lowest BCUT2D eigenvalue weighted by Gasteiger charge is -2.05. The maximum absolute atomic E-state index is 12.3. The highest BCUT2D eigenvalue weighted by atomic mass is 79.9. The summed E-state index contributed by atoms with van der Waals surface area (Å²) in [5.41, 5.74) is 2.54. The van der Waals surface area contributed by atoms with E-state index in [1.54, 1.807) is 6.07 Å². The third-order valence-corrected chi connectivity index (χ3v) is 6.42. The number of halogens is 1. The average molecular weight is 399 g/mol. The van der Waals surface area contributed by atoms with E-state index in [-0.39, 0.29) is 10.1 Å². The topological polar surface area (TPSA) is 72.2 Å². The number of thiophene rings is 1. The SMILES string of the molecule is Cc1ccc(-c2cnoc2NS(=O)(=O)c2ccc(Br)s2)cc1. The van der Waals surface area contributed by atoms with E-state index in [0.29, 0.717) is 5.56 Å². The lowest BCUT2D eigenvalue weighted by atomic mass is 10.1. The molecule has 2 heterocycles. The van der Waals surface area contributed by atoms with Crippen molar-refractivity contribution in [2.75, 3.05) is 4.72 Å². The Kier molecular flexibility index (Phi) is 4.07. The molecule has 0 bridgehead atoms. The molecule has 0 amide bonds. The Morgan fingerprint density at radius 2 is 1.91 bits per heavy atom. The van der Waals surface area contributed by atoms with E-state index in [0.717, 1.165) is 26.3 Å². The fourth-order valence-electron chi connectivity index (χ4n) is 1.87. The summed E-state index contributed by atoms with van der Waals surface area (Å²) >= 11 is 4.38. The molecule has 3 rings (SSSR count). The standard InChI is InChI=1S/C14H11BrN2O3S2/c1-9-2-4-10(5-3-9)11-8-16-20-14(11)17-22(18,19)13-7-6-12(15)21-13/h2-8,17H,1H3. The minimum atomic E-state index is -3.70. The van der Waals surface area contributed by atoms with E-state index >= 15 is 0 Å². The van der Waals surface area contributed by atoms with Gasteiger partial charge in [0.15, 0.2) is 0 Å². The van der Waals surface area contributed by atoms with Crippen LogP contribution in [0.15, 0.2) is 55.1 Å². The van der Waals surface area contributed by atoms with Gasteiger partial charge in [-0.15, -0.1) is 11.3 Å². The first-order valence-electron chi connectivity index (χ1n) is 6.25. The molecule has 0 aliphatic heterocycles. The Morgan fingerprint density at radius 1 is 1.18 bits per heavy atom. The summed E-state index contributed by atoms with van der Waals surface area (Å²) < 4.78 is 33.1. The summed E-state index contributed by atoms with van der Waals surface area (Å²) in [6.45, 7) is 1.98. The second kappa shape index (κ2) is 5.86. The van der Waals surface area contributed by atoms with Crippen LogP contribution >= 0.6 is 27.3 Å². The molecule has 0 saturated carbocycles. The zero-order valence-corrected chi connectivity index (χ0v) is 14.6. The van der Waals surface area contributed by atoms with Crippen molar-refractivity contribution in [2.45, 2.75) is 11.1 Å². The molecule has 8 heteroatoms. The molecule has 0 aliphatic rings. The van der Waals surface area contributed by atoms with Crippen molar-refractivity contribution in [2.24, 2.45) is 0 Å². The summed E-state index contributed by atoms with van der Waals surface area (Å²) in [6, 6.07) is 10.9. The van der Waals surface area contributed by atoms with Gasteiger partial charge in [0, 0.05) is 0 Å². The summed E-state index contributed by atoms with van der Waals surface area (Å²) in [5, 5.41) is 3.70. The predicted molar refractivity (Wildman–Crippen MR) is 89.5 cm³/mol. The van der Waals surface area contributed by atoms with Crippen LogP contribution in [0.25, 0.3) is 11.1 Å². The summed E-state index contributed by atoms with van der Waals surface area (Å²) in [4.78, 5) is 0. The smallest absolute Gasteiger partial charge is 0.273 e. The predicted octanol–water partition coefficient (Wildman–Crippen LogP) is 4.27. The first-order chi connectivity index (χ1) is 10.5. The molecule has 3 aromatic rings. The maximum atomic E-state index is 12.3. The lowest BCUT2D eigenvalue weighted by molar-refractivity contribution is 0.436. The van der Waals surface area contributed by atoms with Gasteiger partial charge in [-0.2, -0.15) is 0 Å². The van der Waals surface area contributed by atoms with Crippen molar-refractivity contribution >= 4 is 43.2 Å². The second-order valence-corrected chi connectivity index (χ2v) is 8.97. The Hall–Kier alpha value is -1.64. The molecule has 22 heavy (non-hydrogen) atoms. The highest BCUT2D eigenvalue weighted by Crippen LogP contribution is 2.32. The molecule has 0 radical (unpaired) electrons. The highest BCUT2D eigenvalue weighted by Gasteiger charge is 2.21. The van der Waals surface area contributed by atoms with Crippen molar-refractivity contribution in [1.29, 1.82) is 0 Å². The van der Waals surface area contributed by atoms with E-state index in [4.69, 9.17) is 4.52 Å². The van der Waals surface area contributed by atoms with E-state index < -0.39 is 10.0 Å². The number of anilines is 1. The fourth-order valence-corrected chi connectivity index (χ4v) is 4.88. The average Bonchev–Trinajstić information content (AvgIpc) is 3.09. The molecule has 2 aromatic heterocycles. The molecule has 5 nitrogen and oxygen atoms in total. The van der Waals surface area contributed by atoms with Gasteiger partial charge in [-0.25, -0.2) is 13.1 Å². The van der Waals surface area contributed by atoms with Crippen LogP contribution < -0.4 is 4.72 Å².